The molecule has 2 heterocycles. The van der Waals surface area contributed by atoms with Crippen LogP contribution in [0, 0.1) is 17.6 Å². The first kappa shape index (κ1) is 20.1. The van der Waals surface area contributed by atoms with Gasteiger partial charge in [0.05, 0.1) is 5.92 Å². The summed E-state index contributed by atoms with van der Waals surface area (Å²) in [6.07, 6.45) is 1.10. The molecule has 0 spiro atoms. The van der Waals surface area contributed by atoms with Crippen molar-refractivity contribution in [3.8, 4) is 0 Å². The number of nitrogens with one attached hydrogen (secondary N) is 3. The summed E-state index contributed by atoms with van der Waals surface area (Å²) in [7, 11) is -3.59. The van der Waals surface area contributed by atoms with Gasteiger partial charge in [0.15, 0.2) is 11.6 Å². The SMILES string of the molecule is CC1NNC(C)C1S(=O)(=O)N1CCCC(C(=O)Nc2ccc(F)c(F)c2)C1. The maximum Gasteiger partial charge on any atom is 0.228 e. The smallest absolute Gasteiger partial charge is 0.228 e. The summed E-state index contributed by atoms with van der Waals surface area (Å²) >= 11 is 0. The van der Waals surface area contributed by atoms with Crippen molar-refractivity contribution in [3.05, 3.63) is 29.8 Å². The van der Waals surface area contributed by atoms with E-state index in [-0.39, 0.29) is 24.3 Å². The summed E-state index contributed by atoms with van der Waals surface area (Å²) in [4.78, 5) is 12.5. The molecule has 10 heteroatoms. The molecule has 2 aliphatic heterocycles. The van der Waals surface area contributed by atoms with Crippen molar-refractivity contribution in [3.63, 3.8) is 0 Å². The highest BCUT2D eigenvalue weighted by Crippen LogP contribution is 2.26. The minimum Gasteiger partial charge on any atom is -0.326 e. The van der Waals surface area contributed by atoms with Gasteiger partial charge in [0.1, 0.15) is 5.25 Å². The van der Waals surface area contributed by atoms with Crippen LogP contribution in [0.1, 0.15) is 26.7 Å². The molecule has 0 aromatic heterocycles. The normalized spacial score (nSPS) is 29.6. The summed E-state index contributed by atoms with van der Waals surface area (Å²) in [5.74, 6) is -2.99. The molecular formula is C17H24F2N4O3S. The Bertz CT molecular complexity index is 810. The quantitative estimate of drug-likeness (QED) is 0.704. The van der Waals surface area contributed by atoms with Gasteiger partial charge in [-0.3, -0.25) is 15.6 Å². The molecule has 0 bridgehead atoms. The number of anilines is 1. The number of hydrogen-bond donors (Lipinski definition) is 3. The van der Waals surface area contributed by atoms with Crippen molar-refractivity contribution in [2.45, 2.75) is 44.0 Å². The molecule has 2 aliphatic rings. The highest BCUT2D eigenvalue weighted by atomic mass is 32.2. The summed E-state index contributed by atoms with van der Waals surface area (Å²) in [5, 5.41) is 1.93. The maximum atomic E-state index is 13.3. The molecule has 2 fully saturated rings. The summed E-state index contributed by atoms with van der Waals surface area (Å²) < 4.78 is 53.8. The Balaban J connectivity index is 1.70. The molecule has 3 N–H and O–H groups in total. The molecule has 1 aromatic carbocycles. The molecule has 1 amide bonds. The predicted octanol–water partition coefficient (Wildman–Crippen LogP) is 1.20. The Kier molecular flexibility index (Phi) is 5.80. The van der Waals surface area contributed by atoms with Crippen LogP contribution < -0.4 is 16.2 Å². The van der Waals surface area contributed by atoms with Gasteiger partial charge in [0, 0.05) is 36.9 Å². The van der Waals surface area contributed by atoms with Gasteiger partial charge in [-0.15, -0.1) is 0 Å². The number of sulfonamides is 1. The van der Waals surface area contributed by atoms with Crippen LogP contribution in [0.4, 0.5) is 14.5 Å². The Labute approximate surface area is 157 Å². The molecule has 3 rings (SSSR count). The number of rotatable bonds is 4. The Morgan fingerprint density at radius 2 is 1.85 bits per heavy atom. The van der Waals surface area contributed by atoms with E-state index in [4.69, 9.17) is 0 Å². The van der Waals surface area contributed by atoms with Gasteiger partial charge in [0.2, 0.25) is 15.9 Å². The van der Waals surface area contributed by atoms with Gasteiger partial charge in [-0.1, -0.05) is 0 Å². The lowest BCUT2D eigenvalue weighted by Crippen LogP contribution is -2.51. The van der Waals surface area contributed by atoms with Gasteiger partial charge in [-0.25, -0.2) is 21.5 Å². The number of carbonyl (C=O) groups is 1. The fourth-order valence-corrected chi connectivity index (χ4v) is 6.04. The first-order valence-electron chi connectivity index (χ1n) is 8.96. The average Bonchev–Trinajstić information content (AvgIpc) is 2.97. The van der Waals surface area contributed by atoms with Crippen molar-refractivity contribution < 1.29 is 22.0 Å². The molecule has 7 nitrogen and oxygen atoms in total. The number of halogens is 2. The van der Waals surface area contributed by atoms with Gasteiger partial charge >= 0.3 is 0 Å². The Morgan fingerprint density at radius 1 is 1.19 bits per heavy atom. The van der Waals surface area contributed by atoms with Gasteiger partial charge in [-0.05, 0) is 38.8 Å². The van der Waals surface area contributed by atoms with E-state index >= 15 is 0 Å². The predicted molar refractivity (Wildman–Crippen MR) is 97.2 cm³/mol. The van der Waals surface area contributed by atoms with Gasteiger partial charge in [-0.2, -0.15) is 0 Å². The molecule has 1 aromatic rings. The third kappa shape index (κ3) is 4.13. The van der Waals surface area contributed by atoms with Crippen LogP contribution in [0.15, 0.2) is 18.2 Å². The van der Waals surface area contributed by atoms with Crippen LogP contribution in [0.2, 0.25) is 0 Å². The Morgan fingerprint density at radius 3 is 2.48 bits per heavy atom. The molecule has 27 heavy (non-hydrogen) atoms. The Hall–Kier alpha value is -1.62. The fourth-order valence-electron chi connectivity index (χ4n) is 3.75. The van der Waals surface area contributed by atoms with Crippen molar-refractivity contribution in [2.75, 3.05) is 18.4 Å². The maximum absolute atomic E-state index is 13.3. The van der Waals surface area contributed by atoms with E-state index in [1.807, 2.05) is 0 Å². The number of piperidine rings is 1. The second kappa shape index (κ2) is 7.78. The third-order valence-electron chi connectivity index (χ3n) is 5.17. The molecule has 0 aliphatic carbocycles. The molecule has 2 saturated heterocycles. The van der Waals surface area contributed by atoms with Crippen molar-refractivity contribution >= 4 is 21.6 Å². The zero-order chi connectivity index (χ0) is 19.8. The molecule has 150 valence electrons. The largest absolute Gasteiger partial charge is 0.326 e. The lowest BCUT2D eigenvalue weighted by molar-refractivity contribution is -0.120. The second-order valence-corrected chi connectivity index (χ2v) is 9.28. The van der Waals surface area contributed by atoms with Crippen LogP contribution >= 0.6 is 0 Å². The van der Waals surface area contributed by atoms with Gasteiger partial charge in [0.25, 0.3) is 0 Å². The van der Waals surface area contributed by atoms with E-state index in [0.29, 0.717) is 19.4 Å². The zero-order valence-electron chi connectivity index (χ0n) is 15.2. The number of nitrogens with zero attached hydrogens (tertiary/aromatic N) is 1. The first-order chi connectivity index (χ1) is 12.7. The van der Waals surface area contributed by atoms with E-state index in [2.05, 4.69) is 16.2 Å². The third-order valence-corrected chi connectivity index (χ3v) is 7.73. The zero-order valence-corrected chi connectivity index (χ0v) is 16.0. The van der Waals surface area contributed by atoms with Gasteiger partial charge < -0.3 is 5.32 Å². The molecule has 3 atom stereocenters. The number of benzene rings is 1. The van der Waals surface area contributed by atoms with Crippen molar-refractivity contribution in [2.24, 2.45) is 5.92 Å². The van der Waals surface area contributed by atoms with E-state index in [9.17, 15) is 22.0 Å². The second-order valence-electron chi connectivity index (χ2n) is 7.19. The van der Waals surface area contributed by atoms with E-state index < -0.39 is 38.7 Å². The van der Waals surface area contributed by atoms with E-state index in [1.54, 1.807) is 13.8 Å². The van der Waals surface area contributed by atoms with Crippen molar-refractivity contribution in [1.82, 2.24) is 15.2 Å². The lowest BCUT2D eigenvalue weighted by Gasteiger charge is -2.34. The number of amides is 1. The van der Waals surface area contributed by atoms with E-state index in [1.165, 1.54) is 10.4 Å². The van der Waals surface area contributed by atoms with Crippen LogP contribution in [-0.4, -0.2) is 49.1 Å². The fraction of sp³-hybridized carbons (Fsp3) is 0.588. The molecule has 0 radical (unpaired) electrons. The summed E-state index contributed by atoms with van der Waals surface area (Å²) in [6.45, 7) is 4.05. The number of carbonyl (C=O) groups excluding carboxylic acids is 1. The first-order valence-corrected chi connectivity index (χ1v) is 10.5. The van der Waals surface area contributed by atoms with Crippen LogP contribution in [0.3, 0.4) is 0 Å². The van der Waals surface area contributed by atoms with E-state index in [0.717, 1.165) is 12.1 Å². The highest BCUT2D eigenvalue weighted by Gasteiger charge is 2.45. The monoisotopic (exact) mass is 402 g/mol. The van der Waals surface area contributed by atoms with Crippen molar-refractivity contribution in [1.29, 1.82) is 0 Å². The lowest BCUT2D eigenvalue weighted by atomic mass is 9.98. The minimum atomic E-state index is -3.59. The highest BCUT2D eigenvalue weighted by molar-refractivity contribution is 7.89. The molecular weight excluding hydrogens is 378 g/mol. The molecule has 0 saturated carbocycles. The summed E-state index contributed by atoms with van der Waals surface area (Å²) in [5.41, 5.74) is 6.02. The number of hydrogen-bond acceptors (Lipinski definition) is 5. The topological polar surface area (TPSA) is 90.5 Å². The standard InChI is InChI=1S/C17H24F2N4O3S/c1-10-16(11(2)22-21-10)27(25,26)23-7-3-4-12(9-23)17(24)20-13-5-6-14(18)15(19)8-13/h5-6,8,10-12,16,21-22H,3-4,7,9H2,1-2H3,(H,20,24). The van der Waals surface area contributed by atoms with Crippen LogP contribution in [0.5, 0.6) is 0 Å². The minimum absolute atomic E-state index is 0.0772. The number of hydrazine groups is 1. The van der Waals surface area contributed by atoms with Crippen LogP contribution in [-0.2, 0) is 14.8 Å². The average molecular weight is 402 g/mol. The molecule has 3 unspecified atom stereocenters. The van der Waals surface area contributed by atoms with Crippen LogP contribution in [0.25, 0.3) is 0 Å². The summed E-state index contributed by atoms with van der Waals surface area (Å²) in [6, 6.07) is 2.62.